The van der Waals surface area contributed by atoms with Crippen LogP contribution in [0.5, 0.6) is 0 Å². The zero-order valence-corrected chi connectivity index (χ0v) is 6.55. The van der Waals surface area contributed by atoms with Crippen molar-refractivity contribution in [3.05, 3.63) is 35.1 Å². The topological polar surface area (TPSA) is 23.8 Å². The summed E-state index contributed by atoms with van der Waals surface area (Å²) in [4.78, 5) is 0. The largest absolute Gasteiger partial charge is 0.207 e. The monoisotopic (exact) mass is 161 g/mol. The fourth-order valence-corrected chi connectivity index (χ4v) is 1.37. The summed E-state index contributed by atoms with van der Waals surface area (Å²) in [6, 6.07) is 6.46. The van der Waals surface area contributed by atoms with Gasteiger partial charge in [0.05, 0.1) is 11.6 Å². The van der Waals surface area contributed by atoms with Gasteiger partial charge in [0.25, 0.3) is 0 Å². The van der Waals surface area contributed by atoms with Crippen molar-refractivity contribution in [2.24, 2.45) is 0 Å². The second kappa shape index (κ2) is 2.60. The summed E-state index contributed by atoms with van der Waals surface area (Å²) in [5.74, 6) is 0.200. The van der Waals surface area contributed by atoms with E-state index in [1.807, 2.05) is 0 Å². The number of hydrogen-bond acceptors (Lipinski definition) is 1. The Morgan fingerprint density at radius 1 is 1.42 bits per heavy atom. The molecule has 1 saturated carbocycles. The van der Waals surface area contributed by atoms with Crippen LogP contribution in [0.15, 0.2) is 18.2 Å². The Kier molecular flexibility index (Phi) is 1.58. The standard InChI is InChI=1S/C10H8FN/c11-9-4-3-8(6-12)10(5-9)7-1-2-7/h3-5,7H,1-2H2. The molecule has 1 nitrogen and oxygen atoms in total. The Balaban J connectivity index is 2.48. The molecule has 1 aromatic carbocycles. The lowest BCUT2D eigenvalue weighted by Gasteiger charge is -2.00. The molecule has 0 heterocycles. The predicted molar refractivity (Wildman–Crippen MR) is 43.1 cm³/mol. The van der Waals surface area contributed by atoms with Crippen molar-refractivity contribution in [3.8, 4) is 6.07 Å². The molecule has 0 atom stereocenters. The fraction of sp³-hybridized carbons (Fsp3) is 0.300. The van der Waals surface area contributed by atoms with Crippen molar-refractivity contribution < 1.29 is 4.39 Å². The summed E-state index contributed by atoms with van der Waals surface area (Å²) in [6.45, 7) is 0. The Morgan fingerprint density at radius 2 is 2.17 bits per heavy atom. The van der Waals surface area contributed by atoms with Gasteiger partial charge in [-0.05, 0) is 42.5 Å². The third-order valence-corrected chi connectivity index (χ3v) is 2.15. The Hall–Kier alpha value is -1.36. The van der Waals surface area contributed by atoms with E-state index in [0.29, 0.717) is 11.5 Å². The van der Waals surface area contributed by atoms with Gasteiger partial charge in [-0.1, -0.05) is 0 Å². The molecule has 2 heteroatoms. The maximum Gasteiger partial charge on any atom is 0.123 e. The second-order valence-corrected chi connectivity index (χ2v) is 3.12. The number of nitriles is 1. The molecule has 12 heavy (non-hydrogen) atoms. The maximum absolute atomic E-state index is 12.8. The molecule has 0 bridgehead atoms. The van der Waals surface area contributed by atoms with Gasteiger partial charge in [0.15, 0.2) is 0 Å². The first-order chi connectivity index (χ1) is 5.81. The van der Waals surface area contributed by atoms with Crippen LogP contribution >= 0.6 is 0 Å². The minimum atomic E-state index is -0.240. The number of halogens is 1. The molecule has 1 aliphatic carbocycles. The maximum atomic E-state index is 12.8. The molecule has 1 aliphatic rings. The first-order valence-corrected chi connectivity index (χ1v) is 4.01. The van der Waals surface area contributed by atoms with Crippen LogP contribution in [-0.2, 0) is 0 Å². The Morgan fingerprint density at radius 3 is 2.75 bits per heavy atom. The average molecular weight is 161 g/mol. The number of hydrogen-bond donors (Lipinski definition) is 0. The van der Waals surface area contributed by atoms with E-state index in [9.17, 15) is 4.39 Å². The molecule has 0 saturated heterocycles. The lowest BCUT2D eigenvalue weighted by molar-refractivity contribution is 0.625. The van der Waals surface area contributed by atoms with Gasteiger partial charge in [0, 0.05) is 0 Å². The van der Waals surface area contributed by atoms with Crippen molar-refractivity contribution in [1.82, 2.24) is 0 Å². The molecule has 0 N–H and O–H groups in total. The number of benzene rings is 1. The summed E-state index contributed by atoms with van der Waals surface area (Å²) in [7, 11) is 0. The molecule has 0 aliphatic heterocycles. The van der Waals surface area contributed by atoms with Crippen LogP contribution in [0.2, 0.25) is 0 Å². The zero-order chi connectivity index (χ0) is 8.55. The number of rotatable bonds is 1. The van der Waals surface area contributed by atoms with Crippen LogP contribution in [0.1, 0.15) is 29.9 Å². The van der Waals surface area contributed by atoms with Gasteiger partial charge < -0.3 is 0 Å². The van der Waals surface area contributed by atoms with Crippen LogP contribution in [0.25, 0.3) is 0 Å². The van der Waals surface area contributed by atoms with E-state index in [1.165, 1.54) is 12.1 Å². The van der Waals surface area contributed by atoms with Crippen LogP contribution in [0.4, 0.5) is 4.39 Å². The summed E-state index contributed by atoms with van der Waals surface area (Å²) in [5, 5.41) is 8.71. The van der Waals surface area contributed by atoms with E-state index in [4.69, 9.17) is 5.26 Å². The Bertz CT molecular complexity index is 347. The van der Waals surface area contributed by atoms with Gasteiger partial charge in [0.1, 0.15) is 5.82 Å². The van der Waals surface area contributed by atoms with Crippen LogP contribution in [0, 0.1) is 17.1 Å². The minimum absolute atomic E-state index is 0.240. The van der Waals surface area contributed by atoms with E-state index < -0.39 is 0 Å². The fourth-order valence-electron chi connectivity index (χ4n) is 1.37. The van der Waals surface area contributed by atoms with Gasteiger partial charge >= 0.3 is 0 Å². The second-order valence-electron chi connectivity index (χ2n) is 3.12. The van der Waals surface area contributed by atoms with Crippen molar-refractivity contribution in [3.63, 3.8) is 0 Å². The summed E-state index contributed by atoms with van der Waals surface area (Å²) in [6.07, 6.45) is 2.19. The quantitative estimate of drug-likeness (QED) is 0.621. The molecule has 0 radical (unpaired) electrons. The van der Waals surface area contributed by atoms with Crippen molar-refractivity contribution in [2.75, 3.05) is 0 Å². The molecular formula is C10H8FN. The Labute approximate surface area is 70.4 Å². The SMILES string of the molecule is N#Cc1ccc(F)cc1C1CC1. The van der Waals surface area contributed by atoms with Gasteiger partial charge in [-0.3, -0.25) is 0 Å². The predicted octanol–water partition coefficient (Wildman–Crippen LogP) is 2.57. The molecule has 1 aromatic rings. The lowest BCUT2D eigenvalue weighted by Crippen LogP contribution is -1.88. The van der Waals surface area contributed by atoms with Crippen LogP contribution < -0.4 is 0 Å². The normalized spacial score (nSPS) is 15.7. The highest BCUT2D eigenvalue weighted by atomic mass is 19.1. The summed E-state index contributed by atoms with van der Waals surface area (Å²) < 4.78 is 12.8. The van der Waals surface area contributed by atoms with Crippen LogP contribution in [0.3, 0.4) is 0 Å². The van der Waals surface area contributed by atoms with Crippen molar-refractivity contribution in [2.45, 2.75) is 18.8 Å². The molecule has 60 valence electrons. The molecule has 1 fully saturated rings. The highest BCUT2D eigenvalue weighted by Gasteiger charge is 2.26. The average Bonchev–Trinajstić information content (AvgIpc) is 2.87. The van der Waals surface area contributed by atoms with Crippen molar-refractivity contribution >= 4 is 0 Å². The minimum Gasteiger partial charge on any atom is -0.207 e. The third-order valence-electron chi connectivity index (χ3n) is 2.15. The molecule has 2 rings (SSSR count). The van der Waals surface area contributed by atoms with Gasteiger partial charge in [-0.25, -0.2) is 4.39 Å². The van der Waals surface area contributed by atoms with Crippen LogP contribution in [-0.4, -0.2) is 0 Å². The molecule has 0 spiro atoms. The smallest absolute Gasteiger partial charge is 0.123 e. The van der Waals surface area contributed by atoms with E-state index in [-0.39, 0.29) is 5.82 Å². The van der Waals surface area contributed by atoms with E-state index in [0.717, 1.165) is 18.4 Å². The van der Waals surface area contributed by atoms with Gasteiger partial charge in [-0.15, -0.1) is 0 Å². The summed E-state index contributed by atoms with van der Waals surface area (Å²) in [5.41, 5.74) is 1.51. The zero-order valence-electron chi connectivity index (χ0n) is 6.55. The molecule has 0 amide bonds. The van der Waals surface area contributed by atoms with E-state index >= 15 is 0 Å². The molecule has 0 unspecified atom stereocenters. The van der Waals surface area contributed by atoms with E-state index in [2.05, 4.69) is 6.07 Å². The van der Waals surface area contributed by atoms with Crippen molar-refractivity contribution in [1.29, 1.82) is 5.26 Å². The highest BCUT2D eigenvalue weighted by molar-refractivity contribution is 5.41. The van der Waals surface area contributed by atoms with E-state index in [1.54, 1.807) is 6.07 Å². The van der Waals surface area contributed by atoms with Gasteiger partial charge in [-0.2, -0.15) is 5.26 Å². The highest BCUT2D eigenvalue weighted by Crippen LogP contribution is 2.41. The van der Waals surface area contributed by atoms with Gasteiger partial charge in [0.2, 0.25) is 0 Å². The third kappa shape index (κ3) is 1.18. The summed E-state index contributed by atoms with van der Waals surface area (Å²) >= 11 is 0. The number of nitrogens with zero attached hydrogens (tertiary/aromatic N) is 1. The molecule has 0 aromatic heterocycles. The first-order valence-electron chi connectivity index (χ1n) is 4.01. The molecular weight excluding hydrogens is 153 g/mol. The first kappa shape index (κ1) is 7.30. The lowest BCUT2D eigenvalue weighted by atomic mass is 10.0.